The molecule has 1 aliphatic carbocycles. The van der Waals surface area contributed by atoms with Gasteiger partial charge in [-0.3, -0.25) is 0 Å². The van der Waals surface area contributed by atoms with Crippen LogP contribution >= 0.6 is 0 Å². The lowest BCUT2D eigenvalue weighted by Gasteiger charge is -2.28. The monoisotopic (exact) mass is 418 g/mol. The van der Waals surface area contributed by atoms with E-state index in [0.717, 1.165) is 43.1 Å². The first kappa shape index (κ1) is 22.6. The summed E-state index contributed by atoms with van der Waals surface area (Å²) in [4.78, 5) is 0. The maximum atomic E-state index is 13.8. The molecule has 0 radical (unpaired) electrons. The number of hydrogen-bond acceptors (Lipinski definition) is 0. The fraction of sp³-hybridized carbons (Fsp3) is 0.462. The highest BCUT2D eigenvalue weighted by molar-refractivity contribution is 5.64. The minimum atomic E-state index is -1.14. The van der Waals surface area contributed by atoms with Crippen molar-refractivity contribution < 1.29 is 17.6 Å². The van der Waals surface area contributed by atoms with Crippen molar-refractivity contribution in [1.29, 1.82) is 0 Å². The maximum absolute atomic E-state index is 13.8. The lowest BCUT2D eigenvalue weighted by Crippen LogP contribution is -2.15. The van der Waals surface area contributed by atoms with Crippen LogP contribution in [0.15, 0.2) is 48.6 Å². The van der Waals surface area contributed by atoms with Crippen LogP contribution in [0.1, 0.15) is 56.1 Å². The van der Waals surface area contributed by atoms with E-state index in [1.165, 1.54) is 43.4 Å². The highest BCUT2D eigenvalue weighted by atomic mass is 19.1. The molecule has 3 rings (SSSR count). The first-order chi connectivity index (χ1) is 14.6. The molecule has 0 nitrogen and oxygen atoms in total. The normalized spacial score (nSPS) is 19.5. The van der Waals surface area contributed by atoms with Gasteiger partial charge in [-0.05, 0) is 66.3 Å². The average Bonchev–Trinajstić information content (AvgIpc) is 2.76. The molecule has 0 spiro atoms. The van der Waals surface area contributed by atoms with Gasteiger partial charge >= 0.3 is 0 Å². The first-order valence-electron chi connectivity index (χ1n) is 10.9. The SMILES string of the molecule is FCC=CCC[C@H]1CC[C@H](CCc2ccc(-c3cc(F)c(CF)c(F)c3)cc2)CC1. The van der Waals surface area contributed by atoms with Crippen molar-refractivity contribution in [2.24, 2.45) is 11.8 Å². The van der Waals surface area contributed by atoms with E-state index in [1.54, 1.807) is 6.08 Å². The molecule has 30 heavy (non-hydrogen) atoms. The second-order valence-electron chi connectivity index (χ2n) is 8.38. The first-order valence-corrected chi connectivity index (χ1v) is 10.9. The number of alkyl halides is 2. The quantitative estimate of drug-likeness (QED) is 0.285. The van der Waals surface area contributed by atoms with Gasteiger partial charge in [0, 0.05) is 0 Å². The number of halogens is 4. The van der Waals surface area contributed by atoms with E-state index in [2.05, 4.69) is 0 Å². The number of aryl methyl sites for hydroxylation is 1. The zero-order valence-corrected chi connectivity index (χ0v) is 17.4. The van der Waals surface area contributed by atoms with Crippen LogP contribution in [-0.2, 0) is 13.1 Å². The summed E-state index contributed by atoms with van der Waals surface area (Å²) >= 11 is 0. The fourth-order valence-electron chi connectivity index (χ4n) is 4.45. The minimum Gasteiger partial charge on any atom is -0.247 e. The van der Waals surface area contributed by atoms with Crippen LogP contribution in [0, 0.1) is 23.5 Å². The van der Waals surface area contributed by atoms with Crippen molar-refractivity contribution in [2.75, 3.05) is 6.67 Å². The topological polar surface area (TPSA) is 0 Å². The van der Waals surface area contributed by atoms with E-state index in [0.29, 0.717) is 5.56 Å². The molecule has 0 N–H and O–H groups in total. The Morgan fingerprint density at radius 1 is 0.767 bits per heavy atom. The Balaban J connectivity index is 1.47. The molecule has 0 aliphatic heterocycles. The molecule has 162 valence electrons. The molecule has 0 heterocycles. The Kier molecular flexibility index (Phi) is 8.53. The lowest BCUT2D eigenvalue weighted by atomic mass is 9.78. The van der Waals surface area contributed by atoms with Crippen LogP contribution in [0.3, 0.4) is 0 Å². The summed E-state index contributed by atoms with van der Waals surface area (Å²) in [6, 6.07) is 10.2. The Morgan fingerprint density at radius 2 is 1.37 bits per heavy atom. The van der Waals surface area contributed by atoms with Crippen LogP contribution in [0.25, 0.3) is 11.1 Å². The van der Waals surface area contributed by atoms with E-state index < -0.39 is 23.9 Å². The lowest BCUT2D eigenvalue weighted by molar-refractivity contribution is 0.254. The van der Waals surface area contributed by atoms with Crippen LogP contribution in [0.2, 0.25) is 0 Å². The highest BCUT2D eigenvalue weighted by Crippen LogP contribution is 2.34. The van der Waals surface area contributed by atoms with Gasteiger partial charge < -0.3 is 0 Å². The molecular weight excluding hydrogens is 388 g/mol. The predicted octanol–water partition coefficient (Wildman–Crippen LogP) is 8.15. The Hall–Kier alpha value is -2.10. The van der Waals surface area contributed by atoms with E-state index in [9.17, 15) is 17.6 Å². The molecule has 0 atom stereocenters. The Labute approximate surface area is 177 Å². The van der Waals surface area contributed by atoms with E-state index in [4.69, 9.17) is 0 Å². The number of benzene rings is 2. The molecule has 0 bridgehead atoms. The standard InChI is InChI=1S/C26H30F4/c27-15-3-1-2-4-19-5-7-20(8-6-19)9-10-21-11-13-22(14-12-21)23-16-25(29)24(18-28)26(30)17-23/h1,3,11-14,16-17,19-20H,2,4-10,15,18H2/t19-,20-. The molecule has 1 fully saturated rings. The van der Waals surface area contributed by atoms with E-state index in [-0.39, 0.29) is 6.67 Å². The van der Waals surface area contributed by atoms with Gasteiger partial charge in [-0.15, -0.1) is 0 Å². The number of rotatable bonds is 9. The Bertz CT molecular complexity index is 794. The van der Waals surface area contributed by atoms with Gasteiger partial charge in [0.15, 0.2) is 0 Å². The van der Waals surface area contributed by atoms with Gasteiger partial charge in [-0.2, -0.15) is 0 Å². The molecular formula is C26H30F4. The molecule has 4 heteroatoms. The summed E-state index contributed by atoms with van der Waals surface area (Å²) in [6.45, 7) is -1.51. The highest BCUT2D eigenvalue weighted by Gasteiger charge is 2.20. The van der Waals surface area contributed by atoms with Crippen molar-refractivity contribution >= 4 is 0 Å². The van der Waals surface area contributed by atoms with Crippen LogP contribution < -0.4 is 0 Å². The number of hydrogen-bond donors (Lipinski definition) is 0. The zero-order valence-electron chi connectivity index (χ0n) is 17.4. The van der Waals surface area contributed by atoms with Crippen molar-refractivity contribution in [3.8, 4) is 11.1 Å². The zero-order chi connectivity index (χ0) is 21.3. The van der Waals surface area contributed by atoms with E-state index >= 15 is 0 Å². The van der Waals surface area contributed by atoms with Crippen molar-refractivity contribution in [1.82, 2.24) is 0 Å². The predicted molar refractivity (Wildman–Crippen MR) is 115 cm³/mol. The third kappa shape index (κ3) is 6.20. The molecule has 1 saturated carbocycles. The van der Waals surface area contributed by atoms with Crippen LogP contribution in [-0.4, -0.2) is 6.67 Å². The van der Waals surface area contributed by atoms with E-state index in [1.807, 2.05) is 30.3 Å². The second kappa shape index (κ2) is 11.3. The van der Waals surface area contributed by atoms with Crippen molar-refractivity contribution in [2.45, 2.75) is 58.0 Å². The van der Waals surface area contributed by atoms with Gasteiger partial charge in [0.25, 0.3) is 0 Å². The third-order valence-corrected chi connectivity index (χ3v) is 6.37. The van der Waals surface area contributed by atoms with Crippen LogP contribution in [0.5, 0.6) is 0 Å². The molecule has 0 aromatic heterocycles. The summed E-state index contributed by atoms with van der Waals surface area (Å²) in [7, 11) is 0. The molecule has 1 aliphatic rings. The van der Waals surface area contributed by atoms with Crippen molar-refractivity contribution in [3.63, 3.8) is 0 Å². The van der Waals surface area contributed by atoms with Crippen LogP contribution in [0.4, 0.5) is 17.6 Å². The molecule has 0 saturated heterocycles. The smallest absolute Gasteiger partial charge is 0.132 e. The summed E-state index contributed by atoms with van der Waals surface area (Å²) in [5.74, 6) is -0.163. The summed E-state index contributed by atoms with van der Waals surface area (Å²) < 4.78 is 52.4. The maximum Gasteiger partial charge on any atom is 0.132 e. The second-order valence-corrected chi connectivity index (χ2v) is 8.38. The molecule has 2 aromatic carbocycles. The largest absolute Gasteiger partial charge is 0.247 e. The molecule has 0 unspecified atom stereocenters. The Morgan fingerprint density at radius 3 is 1.93 bits per heavy atom. The fourth-order valence-corrected chi connectivity index (χ4v) is 4.45. The van der Waals surface area contributed by atoms with Gasteiger partial charge in [0.05, 0.1) is 5.56 Å². The van der Waals surface area contributed by atoms with Gasteiger partial charge in [0.1, 0.15) is 25.0 Å². The average molecular weight is 419 g/mol. The summed E-state index contributed by atoms with van der Waals surface area (Å²) in [5.41, 5.74) is 1.86. The van der Waals surface area contributed by atoms with Gasteiger partial charge in [-0.25, -0.2) is 17.6 Å². The minimum absolute atomic E-state index is 0.368. The number of allylic oxidation sites excluding steroid dienone is 2. The summed E-state index contributed by atoms with van der Waals surface area (Å²) in [6.07, 6.45) is 12.9. The molecule has 0 amide bonds. The summed E-state index contributed by atoms with van der Waals surface area (Å²) in [5, 5.41) is 0. The van der Waals surface area contributed by atoms with Gasteiger partial charge in [0.2, 0.25) is 0 Å². The van der Waals surface area contributed by atoms with Crippen molar-refractivity contribution in [3.05, 3.63) is 71.3 Å². The molecule has 2 aromatic rings. The third-order valence-electron chi connectivity index (χ3n) is 6.37. The van der Waals surface area contributed by atoms with Gasteiger partial charge in [-0.1, -0.05) is 62.1 Å².